The van der Waals surface area contributed by atoms with Gasteiger partial charge in [0.15, 0.2) is 0 Å². The van der Waals surface area contributed by atoms with Crippen molar-refractivity contribution in [3.05, 3.63) is 95.6 Å². The van der Waals surface area contributed by atoms with Gasteiger partial charge in [-0.05, 0) is 66.6 Å². The molecule has 3 aliphatic rings. The monoisotopic (exact) mass is 502 g/mol. The largest absolute Gasteiger partial charge is 0.337 e. The summed E-state index contributed by atoms with van der Waals surface area (Å²) in [6.45, 7) is 7.03. The van der Waals surface area contributed by atoms with Crippen molar-refractivity contribution in [1.82, 2.24) is 14.7 Å². The molecule has 2 atom stereocenters. The molecule has 0 radical (unpaired) electrons. The first-order valence-corrected chi connectivity index (χ1v) is 13.2. The predicted molar refractivity (Wildman–Crippen MR) is 141 cm³/mol. The zero-order valence-electron chi connectivity index (χ0n) is 20.9. The Morgan fingerprint density at radius 2 is 1.49 bits per heavy atom. The predicted octanol–water partition coefficient (Wildman–Crippen LogP) is 4.73. The lowest BCUT2D eigenvalue weighted by molar-refractivity contribution is 0.0615. The maximum Gasteiger partial charge on any atom is 0.253 e. The van der Waals surface area contributed by atoms with E-state index in [2.05, 4.69) is 14.7 Å². The van der Waals surface area contributed by atoms with Crippen LogP contribution in [0.15, 0.2) is 72.8 Å². The van der Waals surface area contributed by atoms with E-state index in [4.69, 9.17) is 0 Å². The van der Waals surface area contributed by atoms with E-state index in [0.717, 1.165) is 81.3 Å². The molecule has 3 heterocycles. The van der Waals surface area contributed by atoms with Gasteiger partial charge in [0.05, 0.1) is 0 Å². The summed E-state index contributed by atoms with van der Waals surface area (Å²) in [4.78, 5) is 21.9. The van der Waals surface area contributed by atoms with E-state index in [1.165, 1.54) is 18.2 Å². The number of piperazine rings is 1. The van der Waals surface area contributed by atoms with Gasteiger partial charge in [0.1, 0.15) is 11.6 Å². The summed E-state index contributed by atoms with van der Waals surface area (Å²) in [5.41, 5.74) is 3.79. The van der Waals surface area contributed by atoms with Crippen LogP contribution in [0.2, 0.25) is 0 Å². The summed E-state index contributed by atoms with van der Waals surface area (Å²) in [5, 5.41) is 0. The van der Waals surface area contributed by atoms with Crippen LogP contribution in [0.3, 0.4) is 0 Å². The standard InChI is InChI=1S/C30H32F2N4O/c31-23-6-9-25(10-7-23)36-28-11-8-24(32)20-26(28)27-21-34(13-12-29(27)36)15-14-33-16-18-35(19-17-33)30(37)22-4-2-1-3-5-22/h1-11,20,27,29H,12-19,21H2. The van der Waals surface area contributed by atoms with E-state index in [1.54, 1.807) is 6.07 Å². The number of carbonyl (C=O) groups excluding carboxylic acids is 1. The highest BCUT2D eigenvalue weighted by Crippen LogP contribution is 2.48. The number of fused-ring (bicyclic) bond motifs is 3. The average Bonchev–Trinajstić information content (AvgIpc) is 3.25. The van der Waals surface area contributed by atoms with Gasteiger partial charge >= 0.3 is 0 Å². The Morgan fingerprint density at radius 3 is 2.24 bits per heavy atom. The maximum absolute atomic E-state index is 14.3. The third kappa shape index (κ3) is 4.86. The highest BCUT2D eigenvalue weighted by Gasteiger charge is 2.42. The molecule has 0 bridgehead atoms. The Balaban J connectivity index is 1.07. The van der Waals surface area contributed by atoms with Gasteiger partial charge < -0.3 is 14.7 Å². The number of benzene rings is 3. The van der Waals surface area contributed by atoms with Crippen molar-refractivity contribution < 1.29 is 13.6 Å². The summed E-state index contributed by atoms with van der Waals surface area (Å²) < 4.78 is 27.9. The molecule has 3 aromatic carbocycles. The third-order valence-corrected chi connectivity index (χ3v) is 8.16. The molecule has 2 fully saturated rings. The molecule has 5 nitrogen and oxygen atoms in total. The van der Waals surface area contributed by atoms with Crippen LogP contribution in [0.25, 0.3) is 0 Å². The van der Waals surface area contributed by atoms with Gasteiger partial charge in [0.25, 0.3) is 5.91 Å². The van der Waals surface area contributed by atoms with Gasteiger partial charge in [-0.2, -0.15) is 0 Å². The molecule has 0 aromatic heterocycles. The van der Waals surface area contributed by atoms with Crippen LogP contribution in [0.1, 0.15) is 28.3 Å². The number of nitrogens with zero attached hydrogens (tertiary/aromatic N) is 4. The first-order valence-electron chi connectivity index (χ1n) is 13.2. The summed E-state index contributed by atoms with van der Waals surface area (Å²) in [7, 11) is 0. The number of hydrogen-bond acceptors (Lipinski definition) is 4. The van der Waals surface area contributed by atoms with Crippen LogP contribution in [-0.2, 0) is 0 Å². The third-order valence-electron chi connectivity index (χ3n) is 8.16. The lowest BCUT2D eigenvalue weighted by Gasteiger charge is -2.40. The van der Waals surface area contributed by atoms with Crippen molar-refractivity contribution in [2.45, 2.75) is 18.4 Å². The Kier molecular flexibility index (Phi) is 6.65. The number of likely N-dealkylation sites (tertiary alicyclic amines) is 1. The van der Waals surface area contributed by atoms with Crippen LogP contribution in [-0.4, -0.2) is 79.0 Å². The quantitative estimate of drug-likeness (QED) is 0.505. The molecule has 3 aliphatic heterocycles. The molecule has 7 heteroatoms. The molecule has 2 saturated heterocycles. The van der Waals surface area contributed by atoms with Crippen molar-refractivity contribution in [3.8, 4) is 0 Å². The summed E-state index contributed by atoms with van der Waals surface area (Å²) in [6.07, 6.45) is 0.970. The molecular weight excluding hydrogens is 470 g/mol. The molecule has 3 aromatic rings. The lowest BCUT2D eigenvalue weighted by Crippen LogP contribution is -2.51. The number of halogens is 2. The van der Waals surface area contributed by atoms with E-state index in [0.29, 0.717) is 0 Å². The number of piperidine rings is 1. The first-order chi connectivity index (χ1) is 18.1. The summed E-state index contributed by atoms with van der Waals surface area (Å²) in [6, 6.07) is 21.4. The van der Waals surface area contributed by atoms with Crippen LogP contribution < -0.4 is 4.90 Å². The van der Waals surface area contributed by atoms with Crippen molar-refractivity contribution >= 4 is 17.3 Å². The highest BCUT2D eigenvalue weighted by atomic mass is 19.1. The SMILES string of the molecule is O=C(c1ccccc1)N1CCN(CCN2CCC3C(C2)c2cc(F)ccc2N3c2ccc(F)cc2)CC1. The van der Waals surface area contributed by atoms with Crippen molar-refractivity contribution in [1.29, 1.82) is 0 Å². The second kappa shape index (κ2) is 10.2. The molecule has 0 spiro atoms. The number of hydrogen-bond donors (Lipinski definition) is 0. The molecule has 6 rings (SSSR count). The lowest BCUT2D eigenvalue weighted by atomic mass is 9.89. The summed E-state index contributed by atoms with van der Waals surface area (Å²) >= 11 is 0. The van der Waals surface area contributed by atoms with Gasteiger partial charge in [0.2, 0.25) is 0 Å². The van der Waals surface area contributed by atoms with Crippen LogP contribution in [0, 0.1) is 11.6 Å². The normalized spacial score (nSPS) is 22.1. The highest BCUT2D eigenvalue weighted by molar-refractivity contribution is 5.94. The Hall–Kier alpha value is -3.29. The minimum absolute atomic E-state index is 0.111. The van der Waals surface area contributed by atoms with E-state index < -0.39 is 0 Å². The molecule has 1 amide bonds. The van der Waals surface area contributed by atoms with E-state index >= 15 is 0 Å². The minimum Gasteiger partial charge on any atom is -0.337 e. The molecule has 0 saturated carbocycles. The van der Waals surface area contributed by atoms with E-state index in [1.807, 2.05) is 53.4 Å². The average molecular weight is 503 g/mol. The molecular formula is C30H32F2N4O. The second-order valence-corrected chi connectivity index (χ2v) is 10.3. The Bertz CT molecular complexity index is 1240. The smallest absolute Gasteiger partial charge is 0.253 e. The zero-order chi connectivity index (χ0) is 25.4. The molecule has 0 aliphatic carbocycles. The maximum atomic E-state index is 14.3. The van der Waals surface area contributed by atoms with Gasteiger partial charge in [-0.25, -0.2) is 8.78 Å². The van der Waals surface area contributed by atoms with E-state index in [-0.39, 0.29) is 29.5 Å². The summed E-state index contributed by atoms with van der Waals surface area (Å²) in [5.74, 6) is -0.137. The van der Waals surface area contributed by atoms with Gasteiger partial charge in [-0.1, -0.05) is 18.2 Å². The number of amides is 1. The first kappa shape index (κ1) is 24.1. The zero-order valence-corrected chi connectivity index (χ0v) is 20.9. The van der Waals surface area contributed by atoms with E-state index in [9.17, 15) is 13.6 Å². The molecule has 37 heavy (non-hydrogen) atoms. The van der Waals surface area contributed by atoms with Crippen molar-refractivity contribution in [2.75, 3.05) is 57.3 Å². The second-order valence-electron chi connectivity index (χ2n) is 10.3. The van der Waals surface area contributed by atoms with Gasteiger partial charge in [-0.15, -0.1) is 0 Å². The number of anilines is 2. The fourth-order valence-electron chi connectivity index (χ4n) is 6.20. The number of carbonyl (C=O) groups is 1. The van der Waals surface area contributed by atoms with Crippen LogP contribution in [0.5, 0.6) is 0 Å². The van der Waals surface area contributed by atoms with Crippen molar-refractivity contribution in [2.24, 2.45) is 0 Å². The molecule has 2 unspecified atom stereocenters. The fraction of sp³-hybridized carbons (Fsp3) is 0.367. The minimum atomic E-state index is -0.251. The Labute approximate surface area is 216 Å². The van der Waals surface area contributed by atoms with Gasteiger partial charge in [0, 0.05) is 81.3 Å². The van der Waals surface area contributed by atoms with Gasteiger partial charge in [-0.3, -0.25) is 9.69 Å². The number of rotatable bonds is 5. The molecule has 0 N–H and O–H groups in total. The van der Waals surface area contributed by atoms with Crippen molar-refractivity contribution in [3.63, 3.8) is 0 Å². The topological polar surface area (TPSA) is 30.0 Å². The van der Waals surface area contributed by atoms with Crippen LogP contribution in [0.4, 0.5) is 20.2 Å². The Morgan fingerprint density at radius 1 is 0.784 bits per heavy atom. The van der Waals surface area contributed by atoms with Crippen LogP contribution >= 0.6 is 0 Å². The molecule has 192 valence electrons. The fourth-order valence-corrected chi connectivity index (χ4v) is 6.20.